The second kappa shape index (κ2) is 6.36. The molecule has 5 atom stereocenters. The number of aliphatic imine (C=N–C) groups is 1. The predicted molar refractivity (Wildman–Crippen MR) is 77.7 cm³/mol. The van der Waals surface area contributed by atoms with Crippen LogP contribution in [0.4, 0.5) is 9.18 Å². The number of ether oxygens (including phenoxy) is 1. The summed E-state index contributed by atoms with van der Waals surface area (Å²) in [5, 5.41) is 16.7. The molecule has 0 radical (unpaired) electrons. The maximum atomic E-state index is 14.5. The van der Waals surface area contributed by atoms with E-state index in [-0.39, 0.29) is 12.4 Å². The van der Waals surface area contributed by atoms with Crippen LogP contribution in [0.15, 0.2) is 17.1 Å². The monoisotopic (exact) mass is 319 g/mol. The second-order valence-corrected chi connectivity index (χ2v) is 5.96. The van der Waals surface area contributed by atoms with Crippen LogP contribution in [0.5, 0.6) is 0 Å². The van der Waals surface area contributed by atoms with Crippen LogP contribution in [-0.2, 0) is 4.74 Å². The van der Waals surface area contributed by atoms with Crippen molar-refractivity contribution in [3.63, 3.8) is 0 Å². The molecule has 2 aliphatic heterocycles. The minimum Gasteiger partial charge on any atom is -0.394 e. The zero-order chi connectivity index (χ0) is 15.6. The van der Waals surface area contributed by atoms with Crippen molar-refractivity contribution < 1.29 is 24.1 Å². The van der Waals surface area contributed by atoms with Gasteiger partial charge in [0, 0.05) is 6.54 Å². The van der Waals surface area contributed by atoms with Gasteiger partial charge in [0.15, 0.2) is 5.41 Å². The average Bonchev–Trinajstić information content (AvgIpc) is 2.63. The minimum absolute atomic E-state index is 0.0858. The highest BCUT2D eigenvalue weighted by Gasteiger charge is 2.54. The first-order valence-electron chi connectivity index (χ1n) is 6.58. The van der Waals surface area contributed by atoms with Crippen LogP contribution in [-0.4, -0.2) is 70.4 Å². The molecule has 0 aromatic rings. The summed E-state index contributed by atoms with van der Waals surface area (Å²) in [6, 6.07) is -0.580. The van der Waals surface area contributed by atoms with Crippen molar-refractivity contribution >= 4 is 21.1 Å². The van der Waals surface area contributed by atoms with Crippen molar-refractivity contribution in [2.24, 2.45) is 10.7 Å². The number of amidine groups is 1. The number of urea groups is 1. The van der Waals surface area contributed by atoms with E-state index in [4.69, 9.17) is 15.6 Å². The molecule has 4 N–H and O–H groups in total. The van der Waals surface area contributed by atoms with E-state index in [1.807, 2.05) is 9.24 Å². The van der Waals surface area contributed by atoms with Gasteiger partial charge in [0.2, 0.25) is 0 Å². The first-order chi connectivity index (χ1) is 9.86. The van der Waals surface area contributed by atoms with E-state index < -0.39 is 36.4 Å². The van der Waals surface area contributed by atoms with Gasteiger partial charge < -0.3 is 25.6 Å². The molecule has 0 aromatic heterocycles. The van der Waals surface area contributed by atoms with E-state index in [2.05, 4.69) is 4.99 Å². The predicted octanol–water partition coefficient (Wildman–Crippen LogP) is -0.613. The summed E-state index contributed by atoms with van der Waals surface area (Å²) in [7, 11) is 1.90. The number of carbonyl (C=O) groups is 1. The van der Waals surface area contributed by atoms with Crippen molar-refractivity contribution in [1.82, 2.24) is 4.90 Å². The number of hydrogen-bond donors (Lipinski definition) is 3. The molecule has 118 valence electrons. The Labute approximate surface area is 123 Å². The van der Waals surface area contributed by atoms with Gasteiger partial charge in [-0.25, -0.2) is 9.18 Å². The molecular weight excluding hydrogens is 300 g/mol. The molecule has 2 amide bonds. The molecule has 0 saturated carbocycles. The largest absolute Gasteiger partial charge is 0.394 e. The Morgan fingerprint density at radius 2 is 2.38 bits per heavy atom. The van der Waals surface area contributed by atoms with Gasteiger partial charge in [-0.15, -0.1) is 0 Å². The molecule has 9 heteroatoms. The molecule has 4 unspecified atom stereocenters. The first kappa shape index (κ1) is 16.3. The molecule has 1 saturated heterocycles. The summed E-state index contributed by atoms with van der Waals surface area (Å²) in [6.45, 7) is -0.247. The van der Waals surface area contributed by atoms with Gasteiger partial charge in [-0.3, -0.25) is 0 Å². The molecule has 2 rings (SSSR count). The van der Waals surface area contributed by atoms with Gasteiger partial charge in [-0.2, -0.15) is 4.99 Å². The number of aliphatic hydroxyl groups is 2. The number of alkyl halides is 1. The molecule has 0 aromatic carbocycles. The number of hydrogen-bond acceptors (Lipinski definition) is 5. The SMILES string of the molecule is NC1=NC(=O)N(CC2OC(CO)C(O)[C@@]2(F)P)CCC=C1. The van der Waals surface area contributed by atoms with Gasteiger partial charge in [0.1, 0.15) is 24.1 Å². The third kappa shape index (κ3) is 3.40. The average molecular weight is 319 g/mol. The van der Waals surface area contributed by atoms with E-state index in [9.17, 15) is 14.3 Å². The zero-order valence-corrected chi connectivity index (χ0v) is 12.5. The molecule has 2 aliphatic rings. The standard InChI is InChI=1S/C12H19FN3O4P/c13-12(21)8(20-7(6-17)10(12)18)5-16-4-2-1-3-9(14)15-11(16)19/h1,3,7-8,10,17-18H,2,4-6,21H2,(H2,14,15,19)/t7?,8?,10?,12-/m0/s1. The van der Waals surface area contributed by atoms with Gasteiger partial charge in [0.05, 0.1) is 13.2 Å². The molecule has 1 fully saturated rings. The summed E-state index contributed by atoms with van der Waals surface area (Å²) in [5.74, 6) is 0.0858. The highest BCUT2D eigenvalue weighted by atomic mass is 31.0. The van der Waals surface area contributed by atoms with E-state index in [1.54, 1.807) is 12.2 Å². The van der Waals surface area contributed by atoms with E-state index >= 15 is 0 Å². The Kier molecular flexibility index (Phi) is 4.93. The van der Waals surface area contributed by atoms with Crippen LogP contribution in [0, 0.1) is 0 Å². The zero-order valence-electron chi connectivity index (χ0n) is 11.4. The Morgan fingerprint density at radius 1 is 1.67 bits per heavy atom. The van der Waals surface area contributed by atoms with Crippen LogP contribution >= 0.6 is 9.24 Å². The third-order valence-electron chi connectivity index (χ3n) is 3.55. The van der Waals surface area contributed by atoms with Crippen molar-refractivity contribution in [3.05, 3.63) is 12.2 Å². The van der Waals surface area contributed by atoms with Crippen LogP contribution < -0.4 is 5.73 Å². The van der Waals surface area contributed by atoms with Crippen LogP contribution in [0.1, 0.15) is 6.42 Å². The Hall–Kier alpha value is -1.08. The van der Waals surface area contributed by atoms with Crippen molar-refractivity contribution in [2.45, 2.75) is 30.1 Å². The van der Waals surface area contributed by atoms with Crippen molar-refractivity contribution in [3.8, 4) is 0 Å². The normalized spacial score (nSPS) is 37.3. The van der Waals surface area contributed by atoms with E-state index in [0.29, 0.717) is 13.0 Å². The highest BCUT2D eigenvalue weighted by molar-refractivity contribution is 7.18. The lowest BCUT2D eigenvalue weighted by atomic mass is 10.1. The number of halogens is 1. The lowest BCUT2D eigenvalue weighted by molar-refractivity contribution is -0.0275. The fraction of sp³-hybridized carbons (Fsp3) is 0.667. The summed E-state index contributed by atoms with van der Waals surface area (Å²) in [4.78, 5) is 16.9. The number of nitrogens with two attached hydrogens (primary N) is 1. The number of amides is 2. The number of rotatable bonds is 3. The smallest absolute Gasteiger partial charge is 0.345 e. The van der Waals surface area contributed by atoms with Crippen LogP contribution in [0.3, 0.4) is 0 Å². The summed E-state index contributed by atoms with van der Waals surface area (Å²) < 4.78 is 19.8. The maximum Gasteiger partial charge on any atom is 0.345 e. The van der Waals surface area contributed by atoms with Crippen molar-refractivity contribution in [2.75, 3.05) is 19.7 Å². The fourth-order valence-electron chi connectivity index (χ4n) is 2.31. The lowest BCUT2D eigenvalue weighted by Gasteiger charge is -2.29. The third-order valence-corrected chi connectivity index (χ3v) is 4.27. The van der Waals surface area contributed by atoms with Gasteiger partial charge in [-0.1, -0.05) is 15.3 Å². The topological polar surface area (TPSA) is 108 Å². The molecule has 21 heavy (non-hydrogen) atoms. The Bertz CT molecular complexity index is 471. The minimum atomic E-state index is -2.14. The molecule has 0 aliphatic carbocycles. The lowest BCUT2D eigenvalue weighted by Crippen LogP contribution is -2.46. The van der Waals surface area contributed by atoms with Gasteiger partial charge in [0.25, 0.3) is 0 Å². The summed E-state index contributed by atoms with van der Waals surface area (Å²) in [5.41, 5.74) is 5.52. The second-order valence-electron chi connectivity index (χ2n) is 5.07. The maximum absolute atomic E-state index is 14.5. The van der Waals surface area contributed by atoms with Gasteiger partial charge >= 0.3 is 6.03 Å². The highest BCUT2D eigenvalue weighted by Crippen LogP contribution is 2.40. The first-order valence-corrected chi connectivity index (χ1v) is 7.15. The number of nitrogens with zero attached hydrogens (tertiary/aromatic N) is 2. The Morgan fingerprint density at radius 3 is 3.00 bits per heavy atom. The van der Waals surface area contributed by atoms with Crippen LogP contribution in [0.25, 0.3) is 0 Å². The quantitative estimate of drug-likeness (QED) is 0.601. The number of carbonyl (C=O) groups excluding carboxylic acids is 1. The van der Waals surface area contributed by atoms with Crippen molar-refractivity contribution in [1.29, 1.82) is 0 Å². The fourth-order valence-corrected chi connectivity index (χ4v) is 2.71. The van der Waals surface area contributed by atoms with Crippen LogP contribution in [0.2, 0.25) is 0 Å². The molecular formula is C12H19FN3O4P. The molecule has 0 bridgehead atoms. The van der Waals surface area contributed by atoms with Gasteiger partial charge in [-0.05, 0) is 12.5 Å². The van der Waals surface area contributed by atoms with E-state index in [0.717, 1.165) is 0 Å². The Balaban J connectivity index is 2.10. The molecule has 0 spiro atoms. The summed E-state index contributed by atoms with van der Waals surface area (Å²) in [6.07, 6.45) is 0.298. The number of aliphatic hydroxyl groups excluding tert-OH is 2. The molecule has 7 nitrogen and oxygen atoms in total. The summed E-state index contributed by atoms with van der Waals surface area (Å²) >= 11 is 0. The molecule has 2 heterocycles. The van der Waals surface area contributed by atoms with E-state index in [1.165, 1.54) is 4.90 Å².